The fourth-order valence-electron chi connectivity index (χ4n) is 4.19. The summed E-state index contributed by atoms with van der Waals surface area (Å²) in [5.41, 5.74) is 2.48. The normalized spacial score (nSPS) is 20.6. The molecule has 0 spiro atoms. The predicted molar refractivity (Wildman–Crippen MR) is 108 cm³/mol. The molecule has 1 amide bonds. The number of aliphatic hydroxyl groups excluding tert-OH is 1. The van der Waals surface area contributed by atoms with Crippen LogP contribution in [0.3, 0.4) is 0 Å². The molecule has 2 aliphatic rings. The molecule has 2 aromatic rings. The number of fused-ring (bicyclic) bond motifs is 1. The number of β-amino-alcohol motifs (C(OH)–C–C–N with tert-alkyl or cyclic N) is 1. The summed E-state index contributed by atoms with van der Waals surface area (Å²) in [5.74, 6) is 0.943. The minimum Gasteiger partial charge on any atom is -0.491 e. The number of para-hydroxylation sites is 1. The van der Waals surface area contributed by atoms with Crippen LogP contribution in [-0.2, 0) is 17.8 Å². The number of carbonyl (C=O) groups is 1. The van der Waals surface area contributed by atoms with Crippen molar-refractivity contribution in [3.05, 3.63) is 65.7 Å². The standard InChI is InChI=1S/C23H28N2O3/c26-20(17-28-21-10-2-1-3-11-21)16-25-15-19-9-5-4-8-18(19)14-22(25)23(27)24-12-6-7-13-24/h1-5,8-11,20,22,26H,6-7,12-17H2. The van der Waals surface area contributed by atoms with Crippen molar-refractivity contribution in [2.75, 3.05) is 26.2 Å². The van der Waals surface area contributed by atoms with Crippen molar-refractivity contribution in [3.63, 3.8) is 0 Å². The molecule has 2 aliphatic heterocycles. The first-order valence-electron chi connectivity index (χ1n) is 10.2. The Balaban J connectivity index is 1.44. The minimum absolute atomic E-state index is 0.197. The first kappa shape index (κ1) is 19.0. The van der Waals surface area contributed by atoms with Crippen molar-refractivity contribution in [2.45, 2.75) is 38.0 Å². The van der Waals surface area contributed by atoms with Crippen LogP contribution in [0, 0.1) is 0 Å². The van der Waals surface area contributed by atoms with Gasteiger partial charge in [-0.25, -0.2) is 0 Å². The topological polar surface area (TPSA) is 53.0 Å². The molecule has 28 heavy (non-hydrogen) atoms. The number of carbonyl (C=O) groups excluding carboxylic acids is 1. The van der Waals surface area contributed by atoms with Crippen LogP contribution in [-0.4, -0.2) is 59.2 Å². The predicted octanol–water partition coefficient (Wildman–Crippen LogP) is 2.48. The van der Waals surface area contributed by atoms with Crippen LogP contribution in [0.25, 0.3) is 0 Å². The largest absolute Gasteiger partial charge is 0.491 e. The van der Waals surface area contributed by atoms with E-state index in [1.165, 1.54) is 11.1 Å². The molecule has 0 bridgehead atoms. The van der Waals surface area contributed by atoms with Gasteiger partial charge in [0.1, 0.15) is 18.5 Å². The van der Waals surface area contributed by atoms with Crippen LogP contribution in [0.15, 0.2) is 54.6 Å². The maximum Gasteiger partial charge on any atom is 0.240 e. The molecule has 0 aromatic heterocycles. The summed E-state index contributed by atoms with van der Waals surface area (Å²) in [6, 6.07) is 17.6. The third-order valence-electron chi connectivity index (χ3n) is 5.68. The molecular formula is C23H28N2O3. The zero-order valence-electron chi connectivity index (χ0n) is 16.2. The van der Waals surface area contributed by atoms with E-state index in [0.717, 1.165) is 31.7 Å². The van der Waals surface area contributed by atoms with Crippen molar-refractivity contribution in [2.24, 2.45) is 0 Å². The fraction of sp³-hybridized carbons (Fsp3) is 0.435. The van der Waals surface area contributed by atoms with E-state index in [2.05, 4.69) is 17.0 Å². The van der Waals surface area contributed by atoms with Crippen molar-refractivity contribution in [1.82, 2.24) is 9.80 Å². The maximum absolute atomic E-state index is 13.2. The molecule has 1 fully saturated rings. The third-order valence-corrected chi connectivity index (χ3v) is 5.68. The Morgan fingerprint density at radius 2 is 1.71 bits per heavy atom. The van der Waals surface area contributed by atoms with Gasteiger partial charge in [0.25, 0.3) is 0 Å². The van der Waals surface area contributed by atoms with Crippen molar-refractivity contribution in [3.8, 4) is 5.75 Å². The number of amides is 1. The highest BCUT2D eigenvalue weighted by Crippen LogP contribution is 2.26. The Bertz CT molecular complexity index is 789. The molecule has 2 heterocycles. The van der Waals surface area contributed by atoms with Gasteiger partial charge in [0, 0.05) is 26.2 Å². The molecular weight excluding hydrogens is 352 g/mol. The number of ether oxygens (including phenoxy) is 1. The van der Waals surface area contributed by atoms with Crippen LogP contribution in [0.5, 0.6) is 5.75 Å². The third kappa shape index (κ3) is 4.37. The highest BCUT2D eigenvalue weighted by molar-refractivity contribution is 5.83. The molecule has 1 saturated heterocycles. The Morgan fingerprint density at radius 3 is 2.46 bits per heavy atom. The second-order valence-electron chi connectivity index (χ2n) is 7.73. The molecule has 4 rings (SSSR count). The molecule has 5 nitrogen and oxygen atoms in total. The van der Waals surface area contributed by atoms with E-state index in [9.17, 15) is 9.90 Å². The summed E-state index contributed by atoms with van der Waals surface area (Å²) in [4.78, 5) is 17.3. The van der Waals surface area contributed by atoms with E-state index in [4.69, 9.17) is 4.74 Å². The number of rotatable bonds is 6. The number of nitrogens with zero attached hydrogens (tertiary/aromatic N) is 2. The van der Waals surface area contributed by atoms with Gasteiger partial charge in [-0.05, 0) is 42.5 Å². The fourth-order valence-corrected chi connectivity index (χ4v) is 4.19. The lowest BCUT2D eigenvalue weighted by Gasteiger charge is -2.38. The summed E-state index contributed by atoms with van der Waals surface area (Å²) < 4.78 is 5.70. The number of hydrogen-bond donors (Lipinski definition) is 1. The van der Waals surface area contributed by atoms with Crippen LogP contribution in [0.4, 0.5) is 0 Å². The van der Waals surface area contributed by atoms with Gasteiger partial charge in [-0.2, -0.15) is 0 Å². The van der Waals surface area contributed by atoms with E-state index < -0.39 is 6.10 Å². The number of likely N-dealkylation sites (tertiary alicyclic amines) is 1. The quantitative estimate of drug-likeness (QED) is 0.837. The van der Waals surface area contributed by atoms with Crippen LogP contribution < -0.4 is 4.74 Å². The van der Waals surface area contributed by atoms with Crippen LogP contribution in [0.1, 0.15) is 24.0 Å². The molecule has 2 unspecified atom stereocenters. The first-order valence-corrected chi connectivity index (χ1v) is 10.2. The second kappa shape index (κ2) is 8.76. The zero-order chi connectivity index (χ0) is 19.3. The molecule has 0 radical (unpaired) electrons. The number of aliphatic hydroxyl groups is 1. The van der Waals surface area contributed by atoms with E-state index in [-0.39, 0.29) is 18.6 Å². The number of hydrogen-bond acceptors (Lipinski definition) is 4. The summed E-state index contributed by atoms with van der Waals surface area (Å²) in [5, 5.41) is 10.6. The van der Waals surface area contributed by atoms with E-state index in [1.54, 1.807) is 0 Å². The van der Waals surface area contributed by atoms with Gasteiger partial charge in [-0.1, -0.05) is 42.5 Å². The summed E-state index contributed by atoms with van der Waals surface area (Å²) in [7, 11) is 0. The van der Waals surface area contributed by atoms with Gasteiger partial charge in [0.2, 0.25) is 5.91 Å². The summed E-state index contributed by atoms with van der Waals surface area (Å²) in [6.07, 6.45) is 2.22. The smallest absolute Gasteiger partial charge is 0.240 e. The molecule has 2 aromatic carbocycles. The molecule has 0 aliphatic carbocycles. The zero-order valence-corrected chi connectivity index (χ0v) is 16.2. The highest BCUT2D eigenvalue weighted by atomic mass is 16.5. The van der Waals surface area contributed by atoms with E-state index in [0.29, 0.717) is 19.5 Å². The van der Waals surface area contributed by atoms with Gasteiger partial charge >= 0.3 is 0 Å². The van der Waals surface area contributed by atoms with Crippen LogP contribution >= 0.6 is 0 Å². The Hall–Kier alpha value is -2.37. The monoisotopic (exact) mass is 380 g/mol. The number of benzene rings is 2. The van der Waals surface area contributed by atoms with Crippen molar-refractivity contribution >= 4 is 5.91 Å². The van der Waals surface area contributed by atoms with Gasteiger partial charge < -0.3 is 14.7 Å². The molecule has 1 N–H and O–H groups in total. The van der Waals surface area contributed by atoms with Gasteiger partial charge in [-0.3, -0.25) is 9.69 Å². The van der Waals surface area contributed by atoms with E-state index in [1.807, 2.05) is 47.4 Å². The highest BCUT2D eigenvalue weighted by Gasteiger charge is 2.35. The van der Waals surface area contributed by atoms with Crippen molar-refractivity contribution < 1.29 is 14.6 Å². The van der Waals surface area contributed by atoms with Gasteiger partial charge in [0.05, 0.1) is 6.04 Å². The molecule has 2 atom stereocenters. The summed E-state index contributed by atoms with van der Waals surface area (Å²) in [6.45, 7) is 3.02. The van der Waals surface area contributed by atoms with E-state index >= 15 is 0 Å². The Morgan fingerprint density at radius 1 is 1.04 bits per heavy atom. The maximum atomic E-state index is 13.2. The van der Waals surface area contributed by atoms with Crippen molar-refractivity contribution in [1.29, 1.82) is 0 Å². The lowest BCUT2D eigenvalue weighted by atomic mass is 9.93. The summed E-state index contributed by atoms with van der Waals surface area (Å²) >= 11 is 0. The SMILES string of the molecule is O=C(C1Cc2ccccc2CN1CC(O)COc1ccccc1)N1CCCC1. The first-order chi connectivity index (χ1) is 13.7. The lowest BCUT2D eigenvalue weighted by molar-refractivity contribution is -0.137. The second-order valence-corrected chi connectivity index (χ2v) is 7.73. The van der Waals surface area contributed by atoms with Gasteiger partial charge in [0.15, 0.2) is 0 Å². The minimum atomic E-state index is -0.653. The average molecular weight is 380 g/mol. The average Bonchev–Trinajstić information content (AvgIpc) is 3.27. The Labute approximate surface area is 166 Å². The van der Waals surface area contributed by atoms with Gasteiger partial charge in [-0.15, -0.1) is 0 Å². The molecule has 0 saturated carbocycles. The molecule has 5 heteroatoms. The lowest BCUT2D eigenvalue weighted by Crippen LogP contribution is -2.53. The Kier molecular flexibility index (Phi) is 5.93. The van der Waals surface area contributed by atoms with Crippen LogP contribution in [0.2, 0.25) is 0 Å². The molecule has 148 valence electrons.